The van der Waals surface area contributed by atoms with Gasteiger partial charge in [0.25, 0.3) is 0 Å². The maximum atomic E-state index is 3.77. The average Bonchev–Trinajstić information content (AvgIpc) is 2.15. The summed E-state index contributed by atoms with van der Waals surface area (Å²) in [5.41, 5.74) is 2.34. The van der Waals surface area contributed by atoms with Crippen LogP contribution in [0.15, 0.2) is 48.1 Å². The predicted molar refractivity (Wildman–Crippen MR) is 41.2 cm³/mol. The van der Waals surface area contributed by atoms with Crippen molar-refractivity contribution in [3.8, 4) is 0 Å². The van der Waals surface area contributed by atoms with E-state index in [4.69, 9.17) is 0 Å². The first kappa shape index (κ1) is 6.09. The van der Waals surface area contributed by atoms with Crippen molar-refractivity contribution in [1.29, 1.82) is 0 Å². The molecule has 1 aliphatic carbocycles. The van der Waals surface area contributed by atoms with Gasteiger partial charge in [-0.2, -0.15) is 0 Å². The smallest absolute Gasteiger partial charge is 0.0254 e. The molecule has 0 fully saturated rings. The molecule has 0 N–H and O–H groups in total. The molecule has 0 spiro atoms. The van der Waals surface area contributed by atoms with Gasteiger partial charge in [-0.05, 0) is 12.5 Å². The van der Waals surface area contributed by atoms with E-state index in [1.165, 1.54) is 5.57 Å². The Balaban J connectivity index is 2.73. The summed E-state index contributed by atoms with van der Waals surface area (Å²) in [6.07, 6.45) is 10.2. The first-order chi connectivity index (χ1) is 4.29. The van der Waals surface area contributed by atoms with E-state index in [1.807, 2.05) is 19.1 Å². The highest BCUT2D eigenvalue weighted by Crippen LogP contribution is 2.08. The van der Waals surface area contributed by atoms with Crippen molar-refractivity contribution >= 4 is 0 Å². The molecule has 46 valence electrons. The van der Waals surface area contributed by atoms with Crippen molar-refractivity contribution in [3.63, 3.8) is 0 Å². The predicted octanol–water partition coefficient (Wildman–Crippen LogP) is 2.61. The van der Waals surface area contributed by atoms with E-state index in [0.29, 0.717) is 0 Å². The molecule has 0 amide bonds. The minimum Gasteiger partial charge on any atom is -0.0961 e. The van der Waals surface area contributed by atoms with Gasteiger partial charge in [0.15, 0.2) is 0 Å². The zero-order chi connectivity index (χ0) is 6.69. The van der Waals surface area contributed by atoms with Crippen LogP contribution in [0.3, 0.4) is 0 Å². The molecule has 1 aliphatic rings. The molecule has 0 nitrogen and oxygen atoms in total. The molecule has 1 rings (SSSR count). The Morgan fingerprint density at radius 1 is 1.44 bits per heavy atom. The first-order valence-electron chi connectivity index (χ1n) is 3.01. The molecule has 0 radical (unpaired) electrons. The van der Waals surface area contributed by atoms with E-state index in [-0.39, 0.29) is 0 Å². The molecule has 9 heavy (non-hydrogen) atoms. The number of hydrogen-bond donors (Lipinski definition) is 0. The van der Waals surface area contributed by atoms with Crippen LogP contribution >= 0.6 is 0 Å². The quantitative estimate of drug-likeness (QED) is 0.496. The SMILES string of the molecule is C=C(C)C=C1C=CC=C1. The molecule has 0 aromatic rings. The van der Waals surface area contributed by atoms with Gasteiger partial charge in [0.1, 0.15) is 0 Å². The van der Waals surface area contributed by atoms with Crippen molar-refractivity contribution < 1.29 is 0 Å². The van der Waals surface area contributed by atoms with Crippen LogP contribution in [0.4, 0.5) is 0 Å². The molecule has 0 aliphatic heterocycles. The van der Waals surface area contributed by atoms with Gasteiger partial charge in [-0.25, -0.2) is 0 Å². The highest BCUT2D eigenvalue weighted by atomic mass is 13.9. The van der Waals surface area contributed by atoms with Crippen molar-refractivity contribution in [2.24, 2.45) is 0 Å². The second-order valence-corrected chi connectivity index (χ2v) is 2.21. The zero-order valence-corrected chi connectivity index (χ0v) is 5.59. The fourth-order valence-corrected chi connectivity index (χ4v) is 0.770. The lowest BCUT2D eigenvalue weighted by molar-refractivity contribution is 1.53. The van der Waals surface area contributed by atoms with Gasteiger partial charge in [0, 0.05) is 0 Å². The largest absolute Gasteiger partial charge is 0.0961 e. The summed E-state index contributed by atoms with van der Waals surface area (Å²) in [6, 6.07) is 0. The standard InChI is InChI=1S/C9H10/c1-8(2)7-9-5-3-4-6-9/h3-7H,1H2,2H3. The van der Waals surface area contributed by atoms with Crippen molar-refractivity contribution in [3.05, 3.63) is 48.1 Å². The Kier molecular flexibility index (Phi) is 1.69. The van der Waals surface area contributed by atoms with Gasteiger partial charge in [-0.3, -0.25) is 0 Å². The molecule has 0 aromatic heterocycles. The molecule has 0 aromatic carbocycles. The topological polar surface area (TPSA) is 0 Å². The van der Waals surface area contributed by atoms with Crippen LogP contribution in [0, 0.1) is 0 Å². The molecule has 0 atom stereocenters. The molecular formula is C9H10. The van der Waals surface area contributed by atoms with Crippen LogP contribution in [-0.2, 0) is 0 Å². The van der Waals surface area contributed by atoms with Gasteiger partial charge in [-0.15, -0.1) is 0 Å². The maximum Gasteiger partial charge on any atom is -0.0254 e. The fourth-order valence-electron chi connectivity index (χ4n) is 0.770. The molecular weight excluding hydrogens is 108 g/mol. The Hall–Kier alpha value is -1.04. The molecule has 0 saturated carbocycles. The first-order valence-corrected chi connectivity index (χ1v) is 3.01. The Morgan fingerprint density at radius 2 is 2.00 bits per heavy atom. The molecule has 0 unspecified atom stereocenters. The van der Waals surface area contributed by atoms with Crippen LogP contribution in [0.5, 0.6) is 0 Å². The Labute approximate surface area is 55.9 Å². The molecule has 0 saturated heterocycles. The monoisotopic (exact) mass is 118 g/mol. The van der Waals surface area contributed by atoms with Crippen LogP contribution in [-0.4, -0.2) is 0 Å². The number of allylic oxidation sites excluding steroid dienone is 7. The summed E-state index contributed by atoms with van der Waals surface area (Å²) in [5, 5.41) is 0. The van der Waals surface area contributed by atoms with E-state index in [9.17, 15) is 0 Å². The molecule has 0 heterocycles. The highest BCUT2D eigenvalue weighted by molar-refractivity contribution is 5.43. The van der Waals surface area contributed by atoms with E-state index < -0.39 is 0 Å². The second-order valence-electron chi connectivity index (χ2n) is 2.21. The van der Waals surface area contributed by atoms with Crippen molar-refractivity contribution in [2.75, 3.05) is 0 Å². The third-order valence-electron chi connectivity index (χ3n) is 1.10. The lowest BCUT2D eigenvalue weighted by atomic mass is 10.2. The van der Waals surface area contributed by atoms with Crippen LogP contribution < -0.4 is 0 Å². The Bertz CT molecular complexity index is 188. The van der Waals surface area contributed by atoms with Crippen molar-refractivity contribution in [2.45, 2.75) is 6.92 Å². The van der Waals surface area contributed by atoms with Crippen LogP contribution in [0.25, 0.3) is 0 Å². The summed E-state index contributed by atoms with van der Waals surface area (Å²) >= 11 is 0. The normalized spacial score (nSPS) is 14.6. The van der Waals surface area contributed by atoms with Gasteiger partial charge >= 0.3 is 0 Å². The zero-order valence-electron chi connectivity index (χ0n) is 5.59. The summed E-state index contributed by atoms with van der Waals surface area (Å²) in [5.74, 6) is 0. The van der Waals surface area contributed by atoms with Gasteiger partial charge in [-0.1, -0.05) is 42.5 Å². The molecule has 0 heteroatoms. The number of rotatable bonds is 1. The van der Waals surface area contributed by atoms with Crippen LogP contribution in [0.1, 0.15) is 6.92 Å². The average molecular weight is 118 g/mol. The third-order valence-corrected chi connectivity index (χ3v) is 1.10. The minimum absolute atomic E-state index is 1.10. The molecule has 0 bridgehead atoms. The van der Waals surface area contributed by atoms with Gasteiger partial charge < -0.3 is 0 Å². The lowest BCUT2D eigenvalue weighted by Crippen LogP contribution is -1.67. The van der Waals surface area contributed by atoms with Gasteiger partial charge in [0.2, 0.25) is 0 Å². The van der Waals surface area contributed by atoms with Gasteiger partial charge in [0.05, 0.1) is 0 Å². The summed E-state index contributed by atoms with van der Waals surface area (Å²) in [6.45, 7) is 5.77. The van der Waals surface area contributed by atoms with E-state index in [1.54, 1.807) is 0 Å². The second kappa shape index (κ2) is 2.49. The third kappa shape index (κ3) is 1.73. The lowest BCUT2D eigenvalue weighted by Gasteiger charge is -1.87. The fraction of sp³-hybridized carbons (Fsp3) is 0.111. The summed E-state index contributed by atoms with van der Waals surface area (Å²) < 4.78 is 0. The minimum atomic E-state index is 1.10. The van der Waals surface area contributed by atoms with E-state index in [2.05, 4.69) is 24.8 Å². The van der Waals surface area contributed by atoms with E-state index in [0.717, 1.165) is 5.57 Å². The Morgan fingerprint density at radius 3 is 2.44 bits per heavy atom. The summed E-state index contributed by atoms with van der Waals surface area (Å²) in [7, 11) is 0. The van der Waals surface area contributed by atoms with E-state index >= 15 is 0 Å². The number of hydrogen-bond acceptors (Lipinski definition) is 0. The summed E-state index contributed by atoms with van der Waals surface area (Å²) in [4.78, 5) is 0. The van der Waals surface area contributed by atoms with Crippen LogP contribution in [0.2, 0.25) is 0 Å². The maximum absolute atomic E-state index is 3.77. The van der Waals surface area contributed by atoms with Crippen molar-refractivity contribution in [1.82, 2.24) is 0 Å². The highest BCUT2D eigenvalue weighted by Gasteiger charge is 1.88.